The molecular weight excluding hydrogens is 903 g/mol. The molecule has 0 unspecified atom stereocenters. The van der Waals surface area contributed by atoms with E-state index in [1.165, 1.54) is 114 Å². The van der Waals surface area contributed by atoms with Gasteiger partial charge in [0.1, 0.15) is 0 Å². The molecule has 0 spiro atoms. The van der Waals surface area contributed by atoms with Crippen molar-refractivity contribution < 1.29 is 0 Å². The Hall–Kier alpha value is -8.96. The number of nitrogens with one attached hydrogen (secondary N) is 1. The van der Waals surface area contributed by atoms with E-state index in [1.54, 1.807) is 0 Å². The number of hydrogen-bond acceptors (Lipinski definition) is 3. The van der Waals surface area contributed by atoms with Crippen LogP contribution in [0.15, 0.2) is 243 Å². The van der Waals surface area contributed by atoms with Gasteiger partial charge in [0.2, 0.25) is 0 Å². The van der Waals surface area contributed by atoms with Crippen LogP contribution < -0.4 is 10.2 Å². The first-order valence-corrected chi connectivity index (χ1v) is 26.1. The monoisotopic (exact) mass is 949 g/mol. The van der Waals surface area contributed by atoms with E-state index < -0.39 is 5.41 Å². The minimum Gasteiger partial charge on any atom is -0.355 e. The molecule has 73 heavy (non-hydrogen) atoms. The zero-order chi connectivity index (χ0) is 48.2. The molecule has 4 heteroatoms. The first-order chi connectivity index (χ1) is 36.1. The standard InChI is InChI=1S/C69H47N3S/c1-2-44-24-32-56-57-33-31-54(42-62(57)69(61(56)38-44,49-16-5-3-6-17-49)50-18-7-4-8-19-50)72(53-30-27-45-25-26-47(45)40-53)65-43-67-68(59-22-12-11-21-58(59)65)60-41-52(29-35-66(60)73-67)70-51-28-34-63-48(39-51)36-37-71(63)64-23-13-15-46-14-9-10-20-55(46)64/h2-24,27-43,70H,1,25-26H2. The highest BCUT2D eigenvalue weighted by Gasteiger charge is 2.46. The average molecular weight is 950 g/mol. The third kappa shape index (κ3) is 6.37. The highest BCUT2D eigenvalue weighted by atomic mass is 32.1. The van der Waals surface area contributed by atoms with Gasteiger partial charge >= 0.3 is 0 Å². The van der Waals surface area contributed by atoms with E-state index in [2.05, 4.69) is 258 Å². The van der Waals surface area contributed by atoms with Crippen LogP contribution in [0, 0.1) is 0 Å². The summed E-state index contributed by atoms with van der Waals surface area (Å²) in [6.45, 7) is 4.22. The molecule has 0 fully saturated rings. The van der Waals surface area contributed by atoms with E-state index in [9.17, 15) is 0 Å². The van der Waals surface area contributed by atoms with Crippen molar-refractivity contribution in [1.29, 1.82) is 0 Å². The second kappa shape index (κ2) is 16.3. The lowest BCUT2D eigenvalue weighted by molar-refractivity contribution is 0.768. The molecule has 2 aliphatic carbocycles. The molecule has 0 saturated heterocycles. The van der Waals surface area contributed by atoms with Crippen LogP contribution in [0.3, 0.4) is 0 Å². The second-order valence-electron chi connectivity index (χ2n) is 19.7. The molecule has 2 aromatic heterocycles. The molecule has 13 aromatic rings. The minimum absolute atomic E-state index is 0.564. The molecule has 0 bridgehead atoms. The molecule has 0 radical (unpaired) electrons. The van der Waals surface area contributed by atoms with Crippen molar-refractivity contribution in [3.63, 3.8) is 0 Å². The molecule has 11 aromatic carbocycles. The zero-order valence-electron chi connectivity index (χ0n) is 40.0. The molecule has 2 aliphatic rings. The third-order valence-electron chi connectivity index (χ3n) is 15.9. The minimum atomic E-state index is -0.564. The number of hydrogen-bond donors (Lipinski definition) is 1. The van der Waals surface area contributed by atoms with Gasteiger partial charge in [-0.1, -0.05) is 158 Å². The molecule has 2 heterocycles. The molecule has 15 rings (SSSR count). The summed E-state index contributed by atoms with van der Waals surface area (Å²) in [6.07, 6.45) is 6.40. The van der Waals surface area contributed by atoms with Gasteiger partial charge in [-0.25, -0.2) is 0 Å². The summed E-state index contributed by atoms with van der Waals surface area (Å²) in [4.78, 5) is 2.54. The fraction of sp³-hybridized carbons (Fsp3) is 0.0435. The van der Waals surface area contributed by atoms with E-state index in [4.69, 9.17) is 0 Å². The van der Waals surface area contributed by atoms with Crippen LogP contribution in [-0.4, -0.2) is 4.57 Å². The van der Waals surface area contributed by atoms with E-state index >= 15 is 0 Å². The fourth-order valence-electron chi connectivity index (χ4n) is 12.4. The molecule has 3 nitrogen and oxygen atoms in total. The maximum atomic E-state index is 4.22. The van der Waals surface area contributed by atoms with Gasteiger partial charge in [-0.2, -0.15) is 0 Å². The van der Waals surface area contributed by atoms with Crippen LogP contribution in [0.1, 0.15) is 38.9 Å². The topological polar surface area (TPSA) is 20.2 Å². The van der Waals surface area contributed by atoms with Crippen LogP contribution in [-0.2, 0) is 18.3 Å². The number of benzene rings is 11. The summed E-state index contributed by atoms with van der Waals surface area (Å²) >= 11 is 1.88. The van der Waals surface area contributed by atoms with Gasteiger partial charge in [-0.3, -0.25) is 0 Å². The van der Waals surface area contributed by atoms with Crippen LogP contribution in [0.2, 0.25) is 0 Å². The van der Waals surface area contributed by atoms with Crippen molar-refractivity contribution in [3.05, 3.63) is 282 Å². The molecule has 1 N–H and O–H groups in total. The van der Waals surface area contributed by atoms with Gasteiger partial charge < -0.3 is 14.8 Å². The zero-order valence-corrected chi connectivity index (χ0v) is 40.8. The number of fused-ring (bicyclic) bond motifs is 11. The van der Waals surface area contributed by atoms with Gasteiger partial charge in [0.05, 0.1) is 22.3 Å². The van der Waals surface area contributed by atoms with E-state index in [-0.39, 0.29) is 0 Å². The maximum absolute atomic E-state index is 4.22. The first kappa shape index (κ1) is 41.8. The Morgan fingerprint density at radius 1 is 0.493 bits per heavy atom. The quantitative estimate of drug-likeness (QED) is 0.156. The van der Waals surface area contributed by atoms with E-state index in [0.29, 0.717) is 0 Å². The lowest BCUT2D eigenvalue weighted by atomic mass is 9.67. The normalized spacial score (nSPS) is 13.3. The van der Waals surface area contributed by atoms with Gasteiger partial charge in [0.15, 0.2) is 0 Å². The number of aromatic nitrogens is 1. The number of rotatable bonds is 9. The van der Waals surface area contributed by atoms with Crippen LogP contribution in [0.5, 0.6) is 0 Å². The van der Waals surface area contributed by atoms with Crippen molar-refractivity contribution in [1.82, 2.24) is 4.57 Å². The Morgan fingerprint density at radius 3 is 1.95 bits per heavy atom. The van der Waals surface area contributed by atoms with Crippen molar-refractivity contribution in [2.45, 2.75) is 18.3 Å². The maximum Gasteiger partial charge on any atom is 0.0714 e. The molecule has 0 aliphatic heterocycles. The Kier molecular flexibility index (Phi) is 9.33. The number of nitrogens with zero attached hydrogens (tertiary/aromatic N) is 2. The molecule has 0 saturated carbocycles. The van der Waals surface area contributed by atoms with E-state index in [1.807, 2.05) is 17.4 Å². The highest BCUT2D eigenvalue weighted by molar-refractivity contribution is 7.26. The third-order valence-corrected chi connectivity index (χ3v) is 17.0. The number of anilines is 5. The summed E-state index contributed by atoms with van der Waals surface area (Å²) in [6, 6.07) is 85.9. The van der Waals surface area contributed by atoms with Crippen LogP contribution in [0.25, 0.3) is 75.5 Å². The average Bonchev–Trinajstić information content (AvgIpc) is 4.12. The summed E-state index contributed by atoms with van der Waals surface area (Å²) in [7, 11) is 0. The smallest absolute Gasteiger partial charge is 0.0714 e. The molecule has 0 amide bonds. The Labute approximate surface area is 428 Å². The summed E-state index contributed by atoms with van der Waals surface area (Å²) in [5, 5.41) is 12.5. The molecular formula is C69H47N3S. The van der Waals surface area contributed by atoms with Gasteiger partial charge in [0.25, 0.3) is 0 Å². The lowest BCUT2D eigenvalue weighted by Crippen LogP contribution is -2.29. The van der Waals surface area contributed by atoms with Gasteiger partial charge in [-0.05, 0) is 159 Å². The van der Waals surface area contributed by atoms with Crippen molar-refractivity contribution in [2.24, 2.45) is 0 Å². The molecule has 344 valence electrons. The van der Waals surface area contributed by atoms with Crippen molar-refractivity contribution >= 4 is 98.5 Å². The summed E-state index contributed by atoms with van der Waals surface area (Å²) in [5.41, 5.74) is 19.0. The number of thiophene rings is 1. The van der Waals surface area contributed by atoms with Gasteiger partial charge in [0, 0.05) is 65.3 Å². The summed E-state index contributed by atoms with van der Waals surface area (Å²) in [5.74, 6) is 0. The van der Waals surface area contributed by atoms with Crippen molar-refractivity contribution in [2.75, 3.05) is 10.2 Å². The predicted octanol–water partition coefficient (Wildman–Crippen LogP) is 18.6. The fourth-order valence-corrected chi connectivity index (χ4v) is 13.5. The Morgan fingerprint density at radius 2 is 1.16 bits per heavy atom. The lowest BCUT2D eigenvalue weighted by Gasteiger charge is -2.35. The predicted molar refractivity (Wildman–Crippen MR) is 310 cm³/mol. The first-order valence-electron chi connectivity index (χ1n) is 25.3. The summed E-state index contributed by atoms with van der Waals surface area (Å²) < 4.78 is 4.83. The Balaban J connectivity index is 0.882. The highest BCUT2D eigenvalue weighted by Crippen LogP contribution is 2.58. The number of aryl methyl sites for hydroxylation is 2. The van der Waals surface area contributed by atoms with Crippen molar-refractivity contribution in [3.8, 4) is 16.8 Å². The van der Waals surface area contributed by atoms with Crippen LogP contribution in [0.4, 0.5) is 28.4 Å². The SMILES string of the molecule is C=Cc1ccc2c(c1)C(c1ccccc1)(c1ccccc1)c1cc(N(c3ccc4c(c3)CC4)c3cc4sc5ccc(Nc6ccc7c(ccn7-c7cccc8ccccc78)c6)cc5c4c4ccccc34)ccc1-2. The van der Waals surface area contributed by atoms with Crippen LogP contribution >= 0.6 is 11.3 Å². The van der Waals surface area contributed by atoms with E-state index in [0.717, 1.165) is 35.5 Å². The molecule has 0 atom stereocenters. The Bertz CT molecular complexity index is 4340. The largest absolute Gasteiger partial charge is 0.355 e. The van der Waals surface area contributed by atoms with Gasteiger partial charge in [-0.15, -0.1) is 11.3 Å². The second-order valence-corrected chi connectivity index (χ2v) is 20.8.